The van der Waals surface area contributed by atoms with Gasteiger partial charge in [0.1, 0.15) is 0 Å². The molecule has 11 rings (SSSR count). The maximum Gasteiger partial charge on any atom is 0.164 e. The first-order valence-electron chi connectivity index (χ1n) is 16.7. The van der Waals surface area contributed by atoms with E-state index < -0.39 is 0 Å². The minimum absolute atomic E-state index is 0.662. The van der Waals surface area contributed by atoms with Crippen molar-refractivity contribution in [3.05, 3.63) is 152 Å². The molecule has 0 radical (unpaired) electrons. The van der Waals surface area contributed by atoms with E-state index in [-0.39, 0.29) is 0 Å². The van der Waals surface area contributed by atoms with Crippen LogP contribution in [0.25, 0.3) is 107 Å². The van der Waals surface area contributed by atoms with Crippen LogP contribution in [0.15, 0.2) is 152 Å². The Morgan fingerprint density at radius 2 is 0.840 bits per heavy atom. The van der Waals surface area contributed by atoms with E-state index in [0.717, 1.165) is 22.1 Å². The molecule has 0 bridgehead atoms. The summed E-state index contributed by atoms with van der Waals surface area (Å²) in [4.78, 5) is 15.2. The molecule has 232 valence electrons. The normalized spacial score (nSPS) is 12.0. The van der Waals surface area contributed by atoms with Crippen molar-refractivity contribution >= 4 is 95.3 Å². The summed E-state index contributed by atoms with van der Waals surface area (Å²) in [5.41, 5.74) is 2.91. The summed E-state index contributed by atoms with van der Waals surface area (Å²) in [7, 11) is 0. The number of hydrogen-bond donors (Lipinski definition) is 0. The molecule has 0 N–H and O–H groups in total. The first kappa shape index (κ1) is 27.9. The third-order valence-corrected chi connectivity index (χ3v) is 12.2. The Morgan fingerprint density at radius 1 is 0.300 bits per heavy atom. The van der Waals surface area contributed by atoms with E-state index in [1.807, 2.05) is 40.9 Å². The van der Waals surface area contributed by atoms with Gasteiger partial charge in [-0.05, 0) is 74.8 Å². The van der Waals surface area contributed by atoms with Crippen LogP contribution < -0.4 is 0 Å². The van der Waals surface area contributed by atoms with Crippen LogP contribution in [0.5, 0.6) is 0 Å². The molecule has 0 unspecified atom stereocenters. The van der Waals surface area contributed by atoms with Gasteiger partial charge in [-0.3, -0.25) is 0 Å². The third kappa shape index (κ3) is 4.24. The second-order valence-corrected chi connectivity index (χ2v) is 14.9. The molecule has 0 aliphatic carbocycles. The van der Waals surface area contributed by atoms with Crippen LogP contribution in [0.3, 0.4) is 0 Å². The fraction of sp³-hybridized carbons (Fsp3) is 0. The molecule has 50 heavy (non-hydrogen) atoms. The molecule has 0 spiro atoms. The van der Waals surface area contributed by atoms with E-state index in [1.54, 1.807) is 0 Å². The summed E-state index contributed by atoms with van der Waals surface area (Å²) in [6.45, 7) is 0. The molecule has 11 aromatic rings. The van der Waals surface area contributed by atoms with E-state index in [1.165, 1.54) is 67.3 Å². The topological polar surface area (TPSA) is 38.7 Å². The van der Waals surface area contributed by atoms with Crippen LogP contribution in [0, 0.1) is 0 Å². The SMILES string of the molecule is c1ccc(-c2nc(-c3ccc4c(ccc5ccc6ccc7sc8ccccc8c7c6c54)c3)nc(-c3ccc4sc5ccccc5c4c3)n2)cc1. The van der Waals surface area contributed by atoms with Crippen molar-refractivity contribution in [2.45, 2.75) is 0 Å². The van der Waals surface area contributed by atoms with Gasteiger partial charge >= 0.3 is 0 Å². The number of aromatic nitrogens is 3. The zero-order chi connectivity index (χ0) is 32.8. The molecule has 0 aliphatic heterocycles. The number of benzene rings is 8. The lowest BCUT2D eigenvalue weighted by Crippen LogP contribution is -2.00. The highest BCUT2D eigenvalue weighted by Crippen LogP contribution is 2.43. The molecule has 3 aromatic heterocycles. The Labute approximate surface area is 294 Å². The molecule has 0 atom stereocenters. The van der Waals surface area contributed by atoms with Gasteiger partial charge in [-0.25, -0.2) is 15.0 Å². The molecule has 8 aromatic carbocycles. The molecular formula is C45H25N3S2. The van der Waals surface area contributed by atoms with Gasteiger partial charge in [-0.2, -0.15) is 0 Å². The Kier molecular flexibility index (Phi) is 5.99. The summed E-state index contributed by atoms with van der Waals surface area (Å²) >= 11 is 3.69. The molecule has 0 saturated heterocycles. The standard InChI is InChI=1S/C45H25N3S2/c1-2-8-28(9-3-1)43-46-44(48-45(47-43)31-20-22-38-35(25-31)33-10-4-6-12-36(33)49-38)30-18-21-32-29(24-30)17-16-26-14-15-27-19-23-39-42(41(27)40(26)32)34-11-5-7-13-37(34)50-39/h1-25H. The third-order valence-electron chi connectivity index (χ3n) is 9.88. The Balaban J connectivity index is 1.14. The van der Waals surface area contributed by atoms with E-state index in [9.17, 15) is 0 Å². The van der Waals surface area contributed by atoms with E-state index in [0.29, 0.717) is 17.5 Å². The fourth-order valence-electron chi connectivity index (χ4n) is 7.54. The van der Waals surface area contributed by atoms with E-state index in [2.05, 4.69) is 133 Å². The Bertz CT molecular complexity index is 3160. The van der Waals surface area contributed by atoms with Crippen LogP contribution in [-0.2, 0) is 0 Å². The lowest BCUT2D eigenvalue weighted by atomic mass is 9.93. The predicted octanol–water partition coefficient (Wildman–Crippen LogP) is 13.1. The molecule has 0 amide bonds. The molecule has 5 heteroatoms. The Morgan fingerprint density at radius 3 is 1.64 bits per heavy atom. The predicted molar refractivity (Wildman–Crippen MR) is 214 cm³/mol. The van der Waals surface area contributed by atoms with Crippen molar-refractivity contribution in [3.8, 4) is 34.2 Å². The van der Waals surface area contributed by atoms with Gasteiger partial charge in [0, 0.05) is 57.0 Å². The van der Waals surface area contributed by atoms with E-state index in [4.69, 9.17) is 15.0 Å². The molecular weight excluding hydrogens is 647 g/mol. The summed E-state index contributed by atoms with van der Waals surface area (Å²) in [5.74, 6) is 2.00. The number of rotatable bonds is 3. The van der Waals surface area contributed by atoms with Gasteiger partial charge < -0.3 is 0 Å². The first-order chi connectivity index (χ1) is 24.7. The summed E-state index contributed by atoms with van der Waals surface area (Å²) < 4.78 is 5.18. The van der Waals surface area contributed by atoms with Crippen molar-refractivity contribution in [2.75, 3.05) is 0 Å². The monoisotopic (exact) mass is 671 g/mol. The highest BCUT2D eigenvalue weighted by Gasteiger charge is 2.17. The van der Waals surface area contributed by atoms with Crippen molar-refractivity contribution < 1.29 is 0 Å². The fourth-order valence-corrected chi connectivity index (χ4v) is 9.74. The molecule has 3 heterocycles. The second kappa shape index (κ2) is 10.7. The van der Waals surface area contributed by atoms with Crippen LogP contribution in [-0.4, -0.2) is 15.0 Å². The molecule has 3 nitrogen and oxygen atoms in total. The lowest BCUT2D eigenvalue weighted by Gasteiger charge is -2.12. The maximum absolute atomic E-state index is 5.14. The van der Waals surface area contributed by atoms with Crippen LogP contribution in [0.4, 0.5) is 0 Å². The Hall–Kier alpha value is -6.01. The van der Waals surface area contributed by atoms with Gasteiger partial charge in [-0.1, -0.05) is 109 Å². The van der Waals surface area contributed by atoms with E-state index >= 15 is 0 Å². The van der Waals surface area contributed by atoms with Crippen molar-refractivity contribution in [1.29, 1.82) is 0 Å². The van der Waals surface area contributed by atoms with Crippen molar-refractivity contribution in [1.82, 2.24) is 15.0 Å². The number of nitrogens with zero attached hydrogens (tertiary/aromatic N) is 3. The zero-order valence-electron chi connectivity index (χ0n) is 26.6. The van der Waals surface area contributed by atoms with Crippen LogP contribution in [0.2, 0.25) is 0 Å². The maximum atomic E-state index is 5.14. The molecule has 0 aliphatic rings. The highest BCUT2D eigenvalue weighted by molar-refractivity contribution is 7.26. The van der Waals surface area contributed by atoms with Crippen LogP contribution in [0.1, 0.15) is 0 Å². The summed E-state index contributed by atoms with van der Waals surface area (Å²) in [6, 6.07) is 54.3. The minimum Gasteiger partial charge on any atom is -0.208 e. The molecule has 0 saturated carbocycles. The smallest absolute Gasteiger partial charge is 0.164 e. The van der Waals surface area contributed by atoms with Gasteiger partial charge in [0.05, 0.1) is 0 Å². The zero-order valence-corrected chi connectivity index (χ0v) is 28.2. The van der Waals surface area contributed by atoms with Gasteiger partial charge in [0.15, 0.2) is 17.5 Å². The average molecular weight is 672 g/mol. The first-order valence-corrected chi connectivity index (χ1v) is 18.3. The van der Waals surface area contributed by atoms with Crippen LogP contribution >= 0.6 is 22.7 Å². The second-order valence-electron chi connectivity index (χ2n) is 12.8. The average Bonchev–Trinajstić information content (AvgIpc) is 3.75. The quantitative estimate of drug-likeness (QED) is 0.176. The number of hydrogen-bond acceptors (Lipinski definition) is 5. The summed E-state index contributed by atoms with van der Waals surface area (Å²) in [6.07, 6.45) is 0. The van der Waals surface area contributed by atoms with Crippen molar-refractivity contribution in [2.24, 2.45) is 0 Å². The van der Waals surface area contributed by atoms with Gasteiger partial charge in [0.25, 0.3) is 0 Å². The number of thiophene rings is 2. The minimum atomic E-state index is 0.662. The number of fused-ring (bicyclic) bond motifs is 12. The lowest BCUT2D eigenvalue weighted by molar-refractivity contribution is 1.08. The highest BCUT2D eigenvalue weighted by atomic mass is 32.1. The largest absolute Gasteiger partial charge is 0.208 e. The molecule has 0 fully saturated rings. The summed E-state index contributed by atoms with van der Waals surface area (Å²) in [5, 5.41) is 12.6. The van der Waals surface area contributed by atoms with Gasteiger partial charge in [0.2, 0.25) is 0 Å². The van der Waals surface area contributed by atoms with Gasteiger partial charge in [-0.15, -0.1) is 22.7 Å². The van der Waals surface area contributed by atoms with Crippen molar-refractivity contribution in [3.63, 3.8) is 0 Å².